The van der Waals surface area contributed by atoms with Crippen molar-refractivity contribution >= 4 is 12.0 Å². The molecule has 0 bridgehead atoms. The average Bonchev–Trinajstić information content (AvgIpc) is 2.37. The van der Waals surface area contributed by atoms with Crippen molar-refractivity contribution in [2.75, 3.05) is 18.0 Å². The molecule has 1 aliphatic heterocycles. The summed E-state index contributed by atoms with van der Waals surface area (Å²) in [7, 11) is 0. The van der Waals surface area contributed by atoms with Gasteiger partial charge in [0.15, 0.2) is 6.29 Å². The molecule has 0 unspecified atom stereocenters. The normalized spacial score (nSPS) is 17.6. The first-order valence-electron chi connectivity index (χ1n) is 5.99. The van der Waals surface area contributed by atoms with Crippen LogP contribution in [0.2, 0.25) is 0 Å². The van der Waals surface area contributed by atoms with Gasteiger partial charge in [0.25, 0.3) is 0 Å². The van der Waals surface area contributed by atoms with Gasteiger partial charge in [0.05, 0.1) is 11.6 Å². The van der Waals surface area contributed by atoms with Crippen molar-refractivity contribution in [1.82, 2.24) is 0 Å². The number of hydrogen-bond donors (Lipinski definition) is 0. The molecule has 6 heteroatoms. The zero-order chi connectivity index (χ0) is 14.0. The Bertz CT molecular complexity index is 464. The van der Waals surface area contributed by atoms with Crippen LogP contribution >= 0.6 is 0 Å². The summed E-state index contributed by atoms with van der Waals surface area (Å²) in [6.45, 7) is 0.206. The summed E-state index contributed by atoms with van der Waals surface area (Å²) < 4.78 is 51.4. The Morgan fingerprint density at radius 3 is 2.37 bits per heavy atom. The Morgan fingerprint density at radius 1 is 1.21 bits per heavy atom. The maximum atomic E-state index is 13.7. The van der Waals surface area contributed by atoms with Gasteiger partial charge >= 0.3 is 6.18 Å². The minimum absolute atomic E-state index is 0.0733. The quantitative estimate of drug-likeness (QED) is 0.609. The van der Waals surface area contributed by atoms with Crippen LogP contribution in [0, 0.1) is 11.7 Å². The van der Waals surface area contributed by atoms with E-state index >= 15 is 0 Å². The molecule has 1 heterocycles. The first-order valence-corrected chi connectivity index (χ1v) is 5.99. The summed E-state index contributed by atoms with van der Waals surface area (Å²) in [5.41, 5.74) is 0.281. The van der Waals surface area contributed by atoms with E-state index in [4.69, 9.17) is 0 Å². The lowest BCUT2D eigenvalue weighted by Crippen LogP contribution is -2.39. The predicted molar refractivity (Wildman–Crippen MR) is 62.8 cm³/mol. The molecule has 19 heavy (non-hydrogen) atoms. The van der Waals surface area contributed by atoms with Crippen molar-refractivity contribution in [3.63, 3.8) is 0 Å². The Labute approximate surface area is 108 Å². The van der Waals surface area contributed by atoms with E-state index in [0.29, 0.717) is 6.29 Å². The van der Waals surface area contributed by atoms with Crippen LogP contribution in [0.4, 0.5) is 23.2 Å². The molecule has 0 radical (unpaired) electrons. The van der Waals surface area contributed by atoms with Crippen LogP contribution in [-0.2, 0) is 0 Å². The van der Waals surface area contributed by atoms with E-state index in [1.165, 1.54) is 23.1 Å². The number of carbonyl (C=O) groups is 1. The molecule has 0 N–H and O–H groups in total. The SMILES string of the molecule is O=Cc1cccc(F)c1N1CCC(C(F)(F)F)CC1. The molecule has 1 fully saturated rings. The molecule has 2 nitrogen and oxygen atoms in total. The van der Waals surface area contributed by atoms with E-state index in [1.54, 1.807) is 0 Å². The number of rotatable bonds is 2. The summed E-state index contributed by atoms with van der Waals surface area (Å²) in [4.78, 5) is 12.4. The van der Waals surface area contributed by atoms with Crippen LogP contribution in [0.15, 0.2) is 18.2 Å². The number of alkyl halides is 3. The fraction of sp³-hybridized carbons (Fsp3) is 0.462. The summed E-state index contributed by atoms with van der Waals surface area (Å²) in [6, 6.07) is 4.07. The van der Waals surface area contributed by atoms with E-state index in [1.807, 2.05) is 0 Å². The number of halogens is 4. The monoisotopic (exact) mass is 275 g/mol. The summed E-state index contributed by atoms with van der Waals surface area (Å²) in [6.07, 6.45) is -3.82. The Kier molecular flexibility index (Phi) is 3.78. The summed E-state index contributed by atoms with van der Waals surface area (Å²) in [5, 5.41) is 0. The van der Waals surface area contributed by atoms with Crippen LogP contribution < -0.4 is 4.90 Å². The smallest absolute Gasteiger partial charge is 0.369 e. The lowest BCUT2D eigenvalue weighted by atomic mass is 9.95. The van der Waals surface area contributed by atoms with Crippen LogP contribution in [-0.4, -0.2) is 25.6 Å². The third-order valence-electron chi connectivity index (χ3n) is 3.42. The fourth-order valence-corrected chi connectivity index (χ4v) is 2.39. The van der Waals surface area contributed by atoms with Gasteiger partial charge in [0.1, 0.15) is 5.82 Å². The molecule has 104 valence electrons. The van der Waals surface area contributed by atoms with E-state index in [0.717, 1.165) is 0 Å². The molecule has 0 spiro atoms. The minimum atomic E-state index is -4.20. The van der Waals surface area contributed by atoms with E-state index in [-0.39, 0.29) is 37.2 Å². The molecule has 1 aromatic rings. The number of anilines is 1. The van der Waals surface area contributed by atoms with Crippen LogP contribution in [0.25, 0.3) is 0 Å². The first kappa shape index (κ1) is 13.8. The highest BCUT2D eigenvalue weighted by Gasteiger charge is 2.41. The van der Waals surface area contributed by atoms with Gasteiger partial charge in [-0.1, -0.05) is 6.07 Å². The molecule has 0 atom stereocenters. The van der Waals surface area contributed by atoms with Crippen molar-refractivity contribution in [3.8, 4) is 0 Å². The maximum absolute atomic E-state index is 13.7. The van der Waals surface area contributed by atoms with Gasteiger partial charge in [-0.2, -0.15) is 13.2 Å². The number of nitrogens with zero attached hydrogens (tertiary/aromatic N) is 1. The molecular formula is C13H13F4NO. The molecule has 1 saturated heterocycles. The second kappa shape index (κ2) is 5.19. The standard InChI is InChI=1S/C13H13F4NO/c14-11-3-1-2-9(8-19)12(11)18-6-4-10(5-7-18)13(15,16)17/h1-3,8,10H,4-7H2. The summed E-state index contributed by atoms with van der Waals surface area (Å²) in [5.74, 6) is -1.91. The van der Waals surface area contributed by atoms with Crippen molar-refractivity contribution in [2.24, 2.45) is 5.92 Å². The molecule has 2 rings (SSSR count). The fourth-order valence-electron chi connectivity index (χ4n) is 2.39. The molecule has 0 amide bonds. The van der Waals surface area contributed by atoms with Crippen molar-refractivity contribution in [2.45, 2.75) is 19.0 Å². The lowest BCUT2D eigenvalue weighted by Gasteiger charge is -2.35. The molecular weight excluding hydrogens is 262 g/mol. The molecule has 1 aromatic carbocycles. The number of benzene rings is 1. The largest absolute Gasteiger partial charge is 0.391 e. The van der Waals surface area contributed by atoms with Crippen molar-refractivity contribution < 1.29 is 22.4 Å². The van der Waals surface area contributed by atoms with Crippen LogP contribution in [0.5, 0.6) is 0 Å². The third-order valence-corrected chi connectivity index (χ3v) is 3.42. The highest BCUT2D eigenvalue weighted by atomic mass is 19.4. The molecule has 0 aromatic heterocycles. The molecule has 0 saturated carbocycles. The maximum Gasteiger partial charge on any atom is 0.391 e. The molecule has 1 aliphatic rings. The van der Waals surface area contributed by atoms with Crippen molar-refractivity contribution in [3.05, 3.63) is 29.6 Å². The van der Waals surface area contributed by atoms with Gasteiger partial charge in [-0.3, -0.25) is 4.79 Å². The number of piperidine rings is 1. The number of carbonyl (C=O) groups excluding carboxylic acids is 1. The van der Waals surface area contributed by atoms with Gasteiger partial charge < -0.3 is 4.90 Å². The van der Waals surface area contributed by atoms with E-state index in [9.17, 15) is 22.4 Å². The average molecular weight is 275 g/mol. The number of hydrogen-bond acceptors (Lipinski definition) is 2. The van der Waals surface area contributed by atoms with E-state index < -0.39 is 17.9 Å². The van der Waals surface area contributed by atoms with Crippen molar-refractivity contribution in [1.29, 1.82) is 0 Å². The second-order valence-corrected chi connectivity index (χ2v) is 4.60. The van der Waals surface area contributed by atoms with Gasteiger partial charge in [0, 0.05) is 18.7 Å². The van der Waals surface area contributed by atoms with Gasteiger partial charge in [-0.15, -0.1) is 0 Å². The Morgan fingerprint density at radius 2 is 1.84 bits per heavy atom. The predicted octanol–water partition coefficient (Wildman–Crippen LogP) is 3.42. The lowest BCUT2D eigenvalue weighted by molar-refractivity contribution is -0.179. The summed E-state index contributed by atoms with van der Waals surface area (Å²) >= 11 is 0. The van der Waals surface area contributed by atoms with Crippen LogP contribution in [0.1, 0.15) is 23.2 Å². The zero-order valence-electron chi connectivity index (χ0n) is 10.1. The van der Waals surface area contributed by atoms with Gasteiger partial charge in [0.2, 0.25) is 0 Å². The topological polar surface area (TPSA) is 20.3 Å². The second-order valence-electron chi connectivity index (χ2n) is 4.60. The minimum Gasteiger partial charge on any atom is -0.369 e. The highest BCUT2D eigenvalue weighted by molar-refractivity contribution is 5.84. The Hall–Kier alpha value is -1.59. The Balaban J connectivity index is 2.16. The van der Waals surface area contributed by atoms with Gasteiger partial charge in [-0.05, 0) is 25.0 Å². The molecule has 0 aliphatic carbocycles. The highest BCUT2D eigenvalue weighted by Crippen LogP contribution is 2.36. The van der Waals surface area contributed by atoms with Gasteiger partial charge in [-0.25, -0.2) is 4.39 Å². The van der Waals surface area contributed by atoms with E-state index in [2.05, 4.69) is 0 Å². The zero-order valence-corrected chi connectivity index (χ0v) is 10.1. The number of aldehydes is 1. The third kappa shape index (κ3) is 2.88. The first-order chi connectivity index (χ1) is 8.93. The van der Waals surface area contributed by atoms with Crippen LogP contribution in [0.3, 0.4) is 0 Å². The number of para-hydroxylation sites is 1.